The van der Waals surface area contributed by atoms with Crippen molar-refractivity contribution in [1.82, 2.24) is 19.7 Å². The van der Waals surface area contributed by atoms with Crippen LogP contribution in [0.15, 0.2) is 89.5 Å². The molecule has 188 valence electrons. The Balaban J connectivity index is 1.21. The zero-order valence-electron chi connectivity index (χ0n) is 20.8. The van der Waals surface area contributed by atoms with Crippen molar-refractivity contribution in [3.05, 3.63) is 102 Å². The van der Waals surface area contributed by atoms with E-state index < -0.39 is 5.54 Å². The monoisotopic (exact) mass is 494 g/mol. The number of urea groups is 1. The number of fused-ring (bicyclic) bond motifs is 1. The van der Waals surface area contributed by atoms with E-state index in [9.17, 15) is 9.59 Å². The number of para-hydroxylation sites is 1. The molecule has 0 bridgehead atoms. The molecule has 0 saturated carbocycles. The summed E-state index contributed by atoms with van der Waals surface area (Å²) >= 11 is 0. The van der Waals surface area contributed by atoms with Crippen molar-refractivity contribution < 1.29 is 14.0 Å². The van der Waals surface area contributed by atoms with Crippen molar-refractivity contribution in [2.24, 2.45) is 0 Å². The number of hydrogen-bond donors (Lipinski definition) is 0. The Kier molecular flexibility index (Phi) is 6.22. The fourth-order valence-electron chi connectivity index (χ4n) is 5.67. The predicted molar refractivity (Wildman–Crippen MR) is 140 cm³/mol. The third-order valence-corrected chi connectivity index (χ3v) is 7.67. The first kappa shape index (κ1) is 23.4. The lowest BCUT2D eigenvalue weighted by molar-refractivity contribution is -0.136. The van der Waals surface area contributed by atoms with Crippen molar-refractivity contribution in [2.45, 2.75) is 37.9 Å². The molecule has 7 nitrogen and oxygen atoms in total. The van der Waals surface area contributed by atoms with E-state index in [-0.39, 0.29) is 18.5 Å². The van der Waals surface area contributed by atoms with E-state index >= 15 is 0 Å². The molecule has 0 unspecified atom stereocenters. The van der Waals surface area contributed by atoms with E-state index in [1.165, 1.54) is 4.90 Å². The number of amides is 3. The van der Waals surface area contributed by atoms with Crippen LogP contribution in [0.2, 0.25) is 0 Å². The molecule has 4 aromatic rings. The highest BCUT2D eigenvalue weighted by molar-refractivity contribution is 6.07. The Labute approximate surface area is 216 Å². The molecule has 0 N–H and O–H groups in total. The van der Waals surface area contributed by atoms with Gasteiger partial charge in [0.15, 0.2) is 0 Å². The smallest absolute Gasteiger partial charge is 0.328 e. The fourth-order valence-corrected chi connectivity index (χ4v) is 5.67. The highest BCUT2D eigenvalue weighted by atomic mass is 16.3. The van der Waals surface area contributed by atoms with Gasteiger partial charge in [-0.2, -0.15) is 0 Å². The van der Waals surface area contributed by atoms with E-state index in [2.05, 4.69) is 34.1 Å². The number of hydrogen-bond acceptors (Lipinski definition) is 5. The Bertz CT molecular complexity index is 1360. The molecular weight excluding hydrogens is 464 g/mol. The summed E-state index contributed by atoms with van der Waals surface area (Å²) in [5, 5.41) is 1.10. The van der Waals surface area contributed by atoms with Crippen molar-refractivity contribution in [3.8, 4) is 0 Å². The van der Waals surface area contributed by atoms with Crippen molar-refractivity contribution in [2.75, 3.05) is 19.6 Å². The first-order chi connectivity index (χ1) is 18.1. The molecule has 4 heterocycles. The summed E-state index contributed by atoms with van der Waals surface area (Å²) in [4.78, 5) is 37.5. The molecule has 3 amide bonds. The van der Waals surface area contributed by atoms with Gasteiger partial charge in [-0.05, 0) is 49.1 Å². The predicted octanol–water partition coefficient (Wildman–Crippen LogP) is 4.87. The largest absolute Gasteiger partial charge is 0.460 e. The zero-order valence-corrected chi connectivity index (χ0v) is 20.8. The number of carbonyl (C=O) groups excluding carboxylic acids is 2. The Morgan fingerprint density at radius 1 is 0.865 bits per heavy atom. The molecule has 7 heteroatoms. The molecule has 0 aliphatic carbocycles. The zero-order chi connectivity index (χ0) is 25.2. The second-order valence-electron chi connectivity index (χ2n) is 9.94. The molecule has 0 atom stereocenters. The van der Waals surface area contributed by atoms with Crippen molar-refractivity contribution in [1.29, 1.82) is 0 Å². The van der Waals surface area contributed by atoms with Crippen LogP contribution >= 0.6 is 0 Å². The Morgan fingerprint density at radius 3 is 2.38 bits per heavy atom. The lowest BCUT2D eigenvalue weighted by Gasteiger charge is -2.42. The number of carbonyl (C=O) groups is 2. The van der Waals surface area contributed by atoms with Gasteiger partial charge in [0.05, 0.1) is 18.8 Å². The van der Waals surface area contributed by atoms with Crippen LogP contribution in [0.5, 0.6) is 0 Å². The molecule has 1 spiro atoms. The molecule has 6 rings (SSSR count). The maximum absolute atomic E-state index is 13.9. The average molecular weight is 495 g/mol. The third-order valence-electron chi connectivity index (χ3n) is 7.67. The van der Waals surface area contributed by atoms with Gasteiger partial charge in [-0.15, -0.1) is 0 Å². The van der Waals surface area contributed by atoms with Gasteiger partial charge in [-0.3, -0.25) is 19.6 Å². The summed E-state index contributed by atoms with van der Waals surface area (Å²) in [6, 6.07) is 25.6. The number of rotatable bonds is 7. The maximum atomic E-state index is 13.9. The van der Waals surface area contributed by atoms with Crippen molar-refractivity contribution in [3.63, 3.8) is 0 Å². The number of aromatic nitrogens is 1. The number of nitrogens with zero attached hydrogens (tertiary/aromatic N) is 4. The topological polar surface area (TPSA) is 69.9 Å². The molecule has 2 aliphatic rings. The van der Waals surface area contributed by atoms with Crippen LogP contribution in [0.25, 0.3) is 11.0 Å². The molecule has 37 heavy (non-hydrogen) atoms. The summed E-state index contributed by atoms with van der Waals surface area (Å²) in [6.07, 6.45) is 3.61. The number of pyridine rings is 1. The SMILES string of the molecule is O=C1N(Cc2ccccn2)C(=O)C2(CCN(Cc3cc4ccccc4o3)CC2)N1CCc1ccccc1. The van der Waals surface area contributed by atoms with Gasteiger partial charge in [0.1, 0.15) is 16.9 Å². The number of benzene rings is 2. The molecule has 2 aromatic carbocycles. The molecule has 2 saturated heterocycles. The first-order valence-corrected chi connectivity index (χ1v) is 12.9. The van der Waals surface area contributed by atoms with E-state index in [1.807, 2.05) is 59.5 Å². The standard InChI is InChI=1S/C30H30N4O3/c35-28-30(14-18-32(19-15-30)22-26-20-24-10-4-5-12-27(24)37-26)34(17-13-23-8-2-1-3-9-23)29(36)33(28)21-25-11-6-7-16-31-25/h1-12,16,20H,13-15,17-19,21-22H2. The van der Waals surface area contributed by atoms with Crippen molar-refractivity contribution >= 4 is 22.9 Å². The van der Waals surface area contributed by atoms with Gasteiger partial charge in [0, 0.05) is 31.2 Å². The summed E-state index contributed by atoms with van der Waals surface area (Å²) < 4.78 is 6.03. The van der Waals surface area contributed by atoms with Gasteiger partial charge in [0.2, 0.25) is 0 Å². The van der Waals surface area contributed by atoms with Gasteiger partial charge < -0.3 is 9.32 Å². The highest BCUT2D eigenvalue weighted by Gasteiger charge is 2.57. The lowest BCUT2D eigenvalue weighted by Crippen LogP contribution is -2.56. The van der Waals surface area contributed by atoms with Crippen LogP contribution in [0, 0.1) is 0 Å². The quantitative estimate of drug-likeness (QED) is 0.343. The van der Waals surface area contributed by atoms with E-state index in [0.29, 0.717) is 38.0 Å². The summed E-state index contributed by atoms with van der Waals surface area (Å²) in [7, 11) is 0. The third kappa shape index (κ3) is 4.51. The summed E-state index contributed by atoms with van der Waals surface area (Å²) in [6.45, 7) is 2.83. The first-order valence-electron chi connectivity index (χ1n) is 12.9. The minimum absolute atomic E-state index is 0.0976. The second-order valence-corrected chi connectivity index (χ2v) is 9.94. The van der Waals surface area contributed by atoms with Gasteiger partial charge in [-0.1, -0.05) is 54.6 Å². The summed E-state index contributed by atoms with van der Waals surface area (Å²) in [5.74, 6) is 0.822. The fraction of sp³-hybridized carbons (Fsp3) is 0.300. The molecule has 0 radical (unpaired) electrons. The van der Waals surface area contributed by atoms with Gasteiger partial charge in [0.25, 0.3) is 5.91 Å². The second kappa shape index (κ2) is 9.82. The summed E-state index contributed by atoms with van der Waals surface area (Å²) in [5.41, 5.74) is 1.94. The molecule has 2 aromatic heterocycles. The number of likely N-dealkylation sites (tertiary alicyclic amines) is 1. The number of furan rings is 1. The van der Waals surface area contributed by atoms with E-state index in [0.717, 1.165) is 35.4 Å². The van der Waals surface area contributed by atoms with Crippen LogP contribution in [0.3, 0.4) is 0 Å². The van der Waals surface area contributed by atoms with Crippen LogP contribution in [0.4, 0.5) is 4.79 Å². The maximum Gasteiger partial charge on any atom is 0.328 e. The molecule has 2 fully saturated rings. The Hall–Kier alpha value is -3.97. The average Bonchev–Trinajstić information content (AvgIpc) is 3.42. The van der Waals surface area contributed by atoms with Crippen LogP contribution < -0.4 is 0 Å². The van der Waals surface area contributed by atoms with Crippen LogP contribution in [0.1, 0.15) is 29.9 Å². The number of piperidine rings is 1. The normalized spacial score (nSPS) is 17.8. The molecular formula is C30H30N4O3. The minimum atomic E-state index is -0.814. The highest BCUT2D eigenvalue weighted by Crippen LogP contribution is 2.38. The van der Waals surface area contributed by atoms with E-state index in [4.69, 9.17) is 4.42 Å². The van der Waals surface area contributed by atoms with Gasteiger partial charge in [-0.25, -0.2) is 4.79 Å². The van der Waals surface area contributed by atoms with Crippen LogP contribution in [-0.2, 0) is 24.3 Å². The van der Waals surface area contributed by atoms with Crippen LogP contribution in [-0.4, -0.2) is 56.8 Å². The van der Waals surface area contributed by atoms with E-state index in [1.54, 1.807) is 6.20 Å². The van der Waals surface area contributed by atoms with Gasteiger partial charge >= 0.3 is 6.03 Å². The lowest BCUT2D eigenvalue weighted by atomic mass is 9.85. The number of imide groups is 1. The minimum Gasteiger partial charge on any atom is -0.460 e. The Morgan fingerprint density at radius 2 is 1.62 bits per heavy atom. The molecule has 2 aliphatic heterocycles.